The predicted octanol–water partition coefficient (Wildman–Crippen LogP) is 2.91. The molecule has 0 fully saturated rings. The molecule has 2 rings (SSSR count). The number of carbonyl (C=O) groups excluding carboxylic acids is 2. The zero-order chi connectivity index (χ0) is 17.2. The SMILES string of the molecule is CC(OC(=O)CCc1ccccc1)C(=O)NCCc1ccccc1. The first-order valence-corrected chi connectivity index (χ1v) is 8.20. The molecule has 0 aliphatic heterocycles. The fourth-order valence-corrected chi connectivity index (χ4v) is 2.32. The Labute approximate surface area is 142 Å². The lowest BCUT2D eigenvalue weighted by Crippen LogP contribution is -2.36. The van der Waals surface area contributed by atoms with Gasteiger partial charge in [-0.2, -0.15) is 0 Å². The molecule has 0 aliphatic carbocycles. The quantitative estimate of drug-likeness (QED) is 0.759. The molecule has 4 heteroatoms. The largest absolute Gasteiger partial charge is 0.453 e. The third kappa shape index (κ3) is 6.24. The van der Waals surface area contributed by atoms with Gasteiger partial charge in [0, 0.05) is 13.0 Å². The molecule has 1 atom stereocenters. The molecule has 0 aromatic heterocycles. The van der Waals surface area contributed by atoms with E-state index in [0.717, 1.165) is 17.5 Å². The molecule has 1 unspecified atom stereocenters. The van der Waals surface area contributed by atoms with Crippen LogP contribution in [-0.4, -0.2) is 24.5 Å². The van der Waals surface area contributed by atoms with Crippen LogP contribution in [0.25, 0.3) is 0 Å². The minimum atomic E-state index is -0.774. The van der Waals surface area contributed by atoms with E-state index in [1.54, 1.807) is 6.92 Å². The highest BCUT2D eigenvalue weighted by Gasteiger charge is 2.17. The summed E-state index contributed by atoms with van der Waals surface area (Å²) >= 11 is 0. The van der Waals surface area contributed by atoms with E-state index in [-0.39, 0.29) is 18.3 Å². The van der Waals surface area contributed by atoms with Gasteiger partial charge in [0.2, 0.25) is 0 Å². The minimum absolute atomic E-state index is 0.265. The van der Waals surface area contributed by atoms with Gasteiger partial charge >= 0.3 is 5.97 Å². The van der Waals surface area contributed by atoms with Crippen LogP contribution in [0.15, 0.2) is 60.7 Å². The molecule has 0 bridgehead atoms. The van der Waals surface area contributed by atoms with Gasteiger partial charge in [-0.05, 0) is 30.9 Å². The zero-order valence-corrected chi connectivity index (χ0v) is 13.9. The van der Waals surface area contributed by atoms with Gasteiger partial charge in [0.15, 0.2) is 6.10 Å². The van der Waals surface area contributed by atoms with E-state index in [2.05, 4.69) is 5.32 Å². The lowest BCUT2D eigenvalue weighted by molar-refractivity contribution is -0.154. The summed E-state index contributed by atoms with van der Waals surface area (Å²) in [6.07, 6.45) is 0.860. The van der Waals surface area contributed by atoms with Crippen molar-refractivity contribution in [2.45, 2.75) is 32.3 Å². The van der Waals surface area contributed by atoms with E-state index >= 15 is 0 Å². The molecule has 0 spiro atoms. The number of benzene rings is 2. The van der Waals surface area contributed by atoms with Crippen molar-refractivity contribution >= 4 is 11.9 Å². The average molecular weight is 325 g/mol. The summed E-state index contributed by atoms with van der Waals surface area (Å²) in [5.74, 6) is -0.622. The van der Waals surface area contributed by atoms with Crippen molar-refractivity contribution in [1.82, 2.24) is 5.32 Å². The Bertz CT molecular complexity index is 640. The van der Waals surface area contributed by atoms with Crippen LogP contribution in [0.4, 0.5) is 0 Å². The Morgan fingerprint density at radius 1 is 0.917 bits per heavy atom. The van der Waals surface area contributed by atoms with Crippen LogP contribution < -0.4 is 5.32 Å². The van der Waals surface area contributed by atoms with Gasteiger partial charge in [-0.25, -0.2) is 0 Å². The van der Waals surface area contributed by atoms with Gasteiger partial charge < -0.3 is 10.1 Å². The van der Waals surface area contributed by atoms with Crippen molar-refractivity contribution in [3.8, 4) is 0 Å². The monoisotopic (exact) mass is 325 g/mol. The molecule has 0 radical (unpaired) electrons. The maximum absolute atomic E-state index is 12.0. The maximum atomic E-state index is 12.0. The number of hydrogen-bond donors (Lipinski definition) is 1. The van der Waals surface area contributed by atoms with E-state index < -0.39 is 6.10 Å². The average Bonchev–Trinajstić information content (AvgIpc) is 2.61. The Balaban J connectivity index is 1.66. The molecule has 0 saturated carbocycles. The molecule has 2 aromatic carbocycles. The smallest absolute Gasteiger partial charge is 0.306 e. The molecule has 4 nitrogen and oxygen atoms in total. The Hall–Kier alpha value is -2.62. The van der Waals surface area contributed by atoms with Gasteiger partial charge in [-0.15, -0.1) is 0 Å². The summed E-state index contributed by atoms with van der Waals surface area (Å²) in [6, 6.07) is 19.6. The van der Waals surface area contributed by atoms with Crippen molar-refractivity contribution in [3.05, 3.63) is 71.8 Å². The Kier molecular flexibility index (Phi) is 7.02. The van der Waals surface area contributed by atoms with Crippen LogP contribution in [0, 0.1) is 0 Å². The Morgan fingerprint density at radius 3 is 2.04 bits per heavy atom. The zero-order valence-electron chi connectivity index (χ0n) is 13.9. The van der Waals surface area contributed by atoms with Crippen molar-refractivity contribution < 1.29 is 14.3 Å². The number of rotatable bonds is 8. The molecule has 1 amide bonds. The van der Waals surface area contributed by atoms with E-state index in [0.29, 0.717) is 13.0 Å². The third-order valence-electron chi connectivity index (χ3n) is 3.69. The maximum Gasteiger partial charge on any atom is 0.306 e. The molecule has 24 heavy (non-hydrogen) atoms. The Morgan fingerprint density at radius 2 is 1.46 bits per heavy atom. The van der Waals surface area contributed by atoms with E-state index in [1.807, 2.05) is 60.7 Å². The predicted molar refractivity (Wildman–Crippen MR) is 93.5 cm³/mol. The normalized spacial score (nSPS) is 11.5. The summed E-state index contributed by atoms with van der Waals surface area (Å²) in [5.41, 5.74) is 2.24. The summed E-state index contributed by atoms with van der Waals surface area (Å²) < 4.78 is 5.19. The number of esters is 1. The second-order valence-electron chi connectivity index (χ2n) is 5.64. The molecule has 0 heterocycles. The number of nitrogens with one attached hydrogen (secondary N) is 1. The van der Waals surface area contributed by atoms with Gasteiger partial charge in [0.05, 0.1) is 0 Å². The van der Waals surface area contributed by atoms with Crippen molar-refractivity contribution in [3.63, 3.8) is 0 Å². The number of ether oxygens (including phenoxy) is 1. The molecule has 0 aliphatic rings. The van der Waals surface area contributed by atoms with E-state index in [9.17, 15) is 9.59 Å². The van der Waals surface area contributed by atoms with Gasteiger partial charge in [0.1, 0.15) is 0 Å². The molecule has 126 valence electrons. The standard InChI is InChI=1S/C20H23NO3/c1-16(20(23)21-15-14-18-10-6-3-7-11-18)24-19(22)13-12-17-8-4-2-5-9-17/h2-11,16H,12-15H2,1H3,(H,21,23). The highest BCUT2D eigenvalue weighted by atomic mass is 16.5. The van der Waals surface area contributed by atoms with Crippen LogP contribution in [0.5, 0.6) is 0 Å². The number of amides is 1. The van der Waals surface area contributed by atoms with E-state index in [4.69, 9.17) is 4.74 Å². The topological polar surface area (TPSA) is 55.4 Å². The highest BCUT2D eigenvalue weighted by molar-refractivity contribution is 5.83. The van der Waals surface area contributed by atoms with E-state index in [1.165, 1.54) is 0 Å². The lowest BCUT2D eigenvalue weighted by Gasteiger charge is -2.13. The summed E-state index contributed by atoms with van der Waals surface area (Å²) in [6.45, 7) is 2.12. The fraction of sp³-hybridized carbons (Fsp3) is 0.300. The van der Waals surface area contributed by atoms with Crippen molar-refractivity contribution in [2.24, 2.45) is 0 Å². The van der Waals surface area contributed by atoms with Crippen LogP contribution in [-0.2, 0) is 27.2 Å². The molecule has 2 aromatic rings. The van der Waals surface area contributed by atoms with Crippen molar-refractivity contribution in [1.29, 1.82) is 0 Å². The molecular weight excluding hydrogens is 302 g/mol. The number of carbonyl (C=O) groups is 2. The van der Waals surface area contributed by atoms with Crippen LogP contribution in [0.1, 0.15) is 24.5 Å². The first kappa shape index (κ1) is 17.7. The molecular formula is C20H23NO3. The van der Waals surface area contributed by atoms with Gasteiger partial charge in [-0.3, -0.25) is 9.59 Å². The van der Waals surface area contributed by atoms with Crippen LogP contribution >= 0.6 is 0 Å². The van der Waals surface area contributed by atoms with Crippen molar-refractivity contribution in [2.75, 3.05) is 6.54 Å². The number of hydrogen-bond acceptors (Lipinski definition) is 3. The summed E-state index contributed by atoms with van der Waals surface area (Å²) in [7, 11) is 0. The molecule has 0 saturated heterocycles. The van der Waals surface area contributed by atoms with Crippen LogP contribution in [0.2, 0.25) is 0 Å². The summed E-state index contributed by atoms with van der Waals surface area (Å²) in [5, 5.41) is 2.79. The number of aryl methyl sites for hydroxylation is 1. The first-order chi connectivity index (χ1) is 11.6. The third-order valence-corrected chi connectivity index (χ3v) is 3.69. The highest BCUT2D eigenvalue weighted by Crippen LogP contribution is 2.05. The van der Waals surface area contributed by atoms with Gasteiger partial charge in [0.25, 0.3) is 5.91 Å². The minimum Gasteiger partial charge on any atom is -0.453 e. The molecule has 1 N–H and O–H groups in total. The fourth-order valence-electron chi connectivity index (χ4n) is 2.32. The second-order valence-corrected chi connectivity index (χ2v) is 5.64. The van der Waals surface area contributed by atoms with Gasteiger partial charge in [-0.1, -0.05) is 60.7 Å². The summed E-state index contributed by atoms with van der Waals surface area (Å²) in [4.78, 5) is 23.8. The second kappa shape index (κ2) is 9.50. The lowest BCUT2D eigenvalue weighted by atomic mass is 10.1. The first-order valence-electron chi connectivity index (χ1n) is 8.20. The van der Waals surface area contributed by atoms with Crippen LogP contribution in [0.3, 0.4) is 0 Å².